The summed E-state index contributed by atoms with van der Waals surface area (Å²) in [6.07, 6.45) is 2.65. The van der Waals surface area contributed by atoms with Crippen molar-refractivity contribution in [1.82, 2.24) is 19.9 Å². The summed E-state index contributed by atoms with van der Waals surface area (Å²) in [6, 6.07) is 8.52. The number of hydrogen-bond acceptors (Lipinski definition) is 4. The first-order valence-corrected chi connectivity index (χ1v) is 8.53. The Morgan fingerprint density at radius 3 is 2.86 bits per heavy atom. The number of rotatable bonds is 2. The fraction of sp³-hybridized carbons (Fsp3) is 0.438. The molecule has 1 aromatic carbocycles. The molecular weight excluding hydrogens is 296 g/mol. The molecule has 5 nitrogen and oxygen atoms in total. The van der Waals surface area contributed by atoms with E-state index >= 15 is 0 Å². The number of aromatic nitrogens is 3. The van der Waals surface area contributed by atoms with E-state index in [9.17, 15) is 4.79 Å². The van der Waals surface area contributed by atoms with Crippen LogP contribution in [0.5, 0.6) is 0 Å². The lowest BCUT2D eigenvalue weighted by atomic mass is 10.0. The van der Waals surface area contributed by atoms with Gasteiger partial charge in [0.15, 0.2) is 5.69 Å². The molecule has 116 valence electrons. The fourth-order valence-electron chi connectivity index (χ4n) is 2.78. The van der Waals surface area contributed by atoms with Gasteiger partial charge in [-0.25, -0.2) is 0 Å². The van der Waals surface area contributed by atoms with Gasteiger partial charge in [-0.15, -0.1) is 5.10 Å². The molecule has 0 spiro atoms. The molecule has 0 bridgehead atoms. The number of thioether (sulfide) groups is 1. The molecule has 1 aliphatic heterocycles. The number of nitrogens with zero attached hydrogens (tertiary/aromatic N) is 4. The molecule has 1 unspecified atom stereocenters. The van der Waals surface area contributed by atoms with Crippen LogP contribution in [0.15, 0.2) is 30.5 Å². The quantitative estimate of drug-likeness (QED) is 0.854. The number of carbonyl (C=O) groups excluding carboxylic acids is 1. The summed E-state index contributed by atoms with van der Waals surface area (Å²) < 4.78 is 1.57. The molecule has 1 fully saturated rings. The Balaban J connectivity index is 1.70. The number of carbonyl (C=O) groups is 1. The Bertz CT molecular complexity index is 670. The normalized spacial score (nSPS) is 19.0. The van der Waals surface area contributed by atoms with E-state index in [4.69, 9.17) is 0 Å². The summed E-state index contributed by atoms with van der Waals surface area (Å²) in [5, 5.41) is 8.23. The minimum absolute atomic E-state index is 0.0147. The van der Waals surface area contributed by atoms with E-state index in [0.29, 0.717) is 10.9 Å². The van der Waals surface area contributed by atoms with Crippen LogP contribution in [0, 0.1) is 6.92 Å². The van der Waals surface area contributed by atoms with Gasteiger partial charge in [0, 0.05) is 31.1 Å². The second-order valence-electron chi connectivity index (χ2n) is 5.57. The highest BCUT2D eigenvalue weighted by Gasteiger charge is 2.24. The van der Waals surface area contributed by atoms with Gasteiger partial charge in [0.1, 0.15) is 0 Å². The van der Waals surface area contributed by atoms with Crippen LogP contribution >= 0.6 is 11.8 Å². The van der Waals surface area contributed by atoms with E-state index in [1.54, 1.807) is 17.9 Å². The second-order valence-corrected chi connectivity index (χ2v) is 6.88. The van der Waals surface area contributed by atoms with Gasteiger partial charge in [-0.2, -0.15) is 11.8 Å². The third-order valence-electron chi connectivity index (χ3n) is 3.99. The van der Waals surface area contributed by atoms with Crippen LogP contribution in [0.3, 0.4) is 0 Å². The largest absolute Gasteiger partial charge is 0.336 e. The van der Waals surface area contributed by atoms with Crippen molar-refractivity contribution in [2.75, 3.05) is 18.8 Å². The average molecular weight is 316 g/mol. The maximum atomic E-state index is 12.5. The van der Waals surface area contributed by atoms with Crippen molar-refractivity contribution in [1.29, 1.82) is 0 Å². The molecule has 1 amide bonds. The van der Waals surface area contributed by atoms with Crippen LogP contribution in [-0.2, 0) is 7.05 Å². The van der Waals surface area contributed by atoms with Crippen molar-refractivity contribution in [2.45, 2.75) is 18.6 Å². The average Bonchev–Trinajstić information content (AvgIpc) is 2.81. The van der Waals surface area contributed by atoms with Gasteiger partial charge in [0.25, 0.3) is 5.91 Å². The van der Waals surface area contributed by atoms with E-state index in [1.165, 1.54) is 11.1 Å². The second kappa shape index (κ2) is 6.52. The molecule has 2 heterocycles. The van der Waals surface area contributed by atoms with Crippen molar-refractivity contribution in [2.24, 2.45) is 7.05 Å². The highest BCUT2D eigenvalue weighted by molar-refractivity contribution is 7.99. The van der Waals surface area contributed by atoms with E-state index in [1.807, 2.05) is 16.7 Å². The van der Waals surface area contributed by atoms with Gasteiger partial charge in [0.2, 0.25) is 0 Å². The minimum Gasteiger partial charge on any atom is -0.336 e. The van der Waals surface area contributed by atoms with Gasteiger partial charge in [0.05, 0.1) is 6.20 Å². The highest BCUT2D eigenvalue weighted by Crippen LogP contribution is 2.36. The maximum Gasteiger partial charge on any atom is 0.276 e. The van der Waals surface area contributed by atoms with E-state index < -0.39 is 0 Å². The number of aryl methyl sites for hydroxylation is 2. The lowest BCUT2D eigenvalue weighted by Gasteiger charge is -2.19. The molecule has 1 aliphatic rings. The molecule has 1 saturated heterocycles. The maximum absolute atomic E-state index is 12.5. The molecule has 3 rings (SSSR count). The van der Waals surface area contributed by atoms with Crippen LogP contribution in [0.2, 0.25) is 0 Å². The number of hydrogen-bond donors (Lipinski definition) is 0. The van der Waals surface area contributed by atoms with Gasteiger partial charge in [-0.3, -0.25) is 9.48 Å². The van der Waals surface area contributed by atoms with Gasteiger partial charge in [-0.05, 0) is 24.5 Å². The first kappa shape index (κ1) is 15.1. The van der Waals surface area contributed by atoms with Crippen molar-refractivity contribution in [3.8, 4) is 0 Å². The van der Waals surface area contributed by atoms with Crippen LogP contribution in [0.1, 0.15) is 33.3 Å². The van der Waals surface area contributed by atoms with Crippen molar-refractivity contribution < 1.29 is 4.79 Å². The van der Waals surface area contributed by atoms with Crippen LogP contribution < -0.4 is 0 Å². The molecule has 0 radical (unpaired) electrons. The molecule has 2 aromatic rings. The molecular formula is C16H20N4OS. The zero-order valence-electron chi connectivity index (χ0n) is 12.9. The Morgan fingerprint density at radius 2 is 2.14 bits per heavy atom. The number of amides is 1. The van der Waals surface area contributed by atoms with Crippen LogP contribution in [-0.4, -0.2) is 44.6 Å². The summed E-state index contributed by atoms with van der Waals surface area (Å²) in [5.74, 6) is 0.935. The summed E-state index contributed by atoms with van der Waals surface area (Å²) in [5.41, 5.74) is 3.15. The molecule has 0 aliphatic carbocycles. The topological polar surface area (TPSA) is 51.0 Å². The summed E-state index contributed by atoms with van der Waals surface area (Å²) in [7, 11) is 1.77. The predicted octanol–water partition coefficient (Wildman–Crippen LogP) is 2.44. The lowest BCUT2D eigenvalue weighted by Crippen LogP contribution is -2.33. The zero-order chi connectivity index (χ0) is 15.5. The van der Waals surface area contributed by atoms with Gasteiger partial charge in [-0.1, -0.05) is 29.5 Å². The monoisotopic (exact) mass is 316 g/mol. The van der Waals surface area contributed by atoms with Crippen molar-refractivity contribution in [3.63, 3.8) is 0 Å². The van der Waals surface area contributed by atoms with Crippen molar-refractivity contribution >= 4 is 17.7 Å². The predicted molar refractivity (Wildman–Crippen MR) is 87.9 cm³/mol. The van der Waals surface area contributed by atoms with E-state index in [2.05, 4.69) is 41.5 Å². The lowest BCUT2D eigenvalue weighted by molar-refractivity contribution is 0.0760. The summed E-state index contributed by atoms with van der Waals surface area (Å²) in [4.78, 5) is 14.4. The van der Waals surface area contributed by atoms with Crippen molar-refractivity contribution in [3.05, 3.63) is 47.3 Å². The molecule has 6 heteroatoms. The molecule has 22 heavy (non-hydrogen) atoms. The van der Waals surface area contributed by atoms with Crippen LogP contribution in [0.4, 0.5) is 0 Å². The third kappa shape index (κ3) is 3.16. The summed E-state index contributed by atoms with van der Waals surface area (Å²) in [6.45, 7) is 3.69. The molecule has 1 aromatic heterocycles. The SMILES string of the molecule is Cc1ccccc1C1CCN(C(=O)c2cn(C)nn2)CCS1. The fourth-order valence-corrected chi connectivity index (χ4v) is 4.10. The standard InChI is InChI=1S/C16H20N4OS/c1-12-5-3-4-6-13(12)15-7-8-20(9-10-22-15)16(21)14-11-19(2)18-17-14/h3-6,11,15H,7-10H2,1-2H3. The summed E-state index contributed by atoms with van der Waals surface area (Å²) >= 11 is 1.94. The Hall–Kier alpha value is -1.82. The van der Waals surface area contributed by atoms with Gasteiger partial charge < -0.3 is 4.90 Å². The van der Waals surface area contributed by atoms with Gasteiger partial charge >= 0.3 is 0 Å². The van der Waals surface area contributed by atoms with E-state index in [-0.39, 0.29) is 5.91 Å². The first-order valence-electron chi connectivity index (χ1n) is 7.48. The Labute approximate surface area is 134 Å². The third-order valence-corrected chi connectivity index (χ3v) is 5.30. The highest BCUT2D eigenvalue weighted by atomic mass is 32.2. The molecule has 1 atom stereocenters. The smallest absolute Gasteiger partial charge is 0.276 e. The minimum atomic E-state index is -0.0147. The Kier molecular flexibility index (Phi) is 4.47. The molecule has 0 N–H and O–H groups in total. The Morgan fingerprint density at radius 1 is 1.32 bits per heavy atom. The van der Waals surface area contributed by atoms with E-state index in [0.717, 1.165) is 25.3 Å². The van der Waals surface area contributed by atoms with Crippen LogP contribution in [0.25, 0.3) is 0 Å². The molecule has 0 saturated carbocycles. The first-order chi connectivity index (χ1) is 10.6. The number of benzene rings is 1. The zero-order valence-corrected chi connectivity index (χ0v) is 13.7.